The zero-order chi connectivity index (χ0) is 34.3. The molecule has 10 aromatic rings. The van der Waals surface area contributed by atoms with Crippen LogP contribution in [-0.4, -0.2) is 15.7 Å². The molecule has 4 heteroatoms. The van der Waals surface area contributed by atoms with E-state index in [1.165, 1.54) is 0 Å². The van der Waals surface area contributed by atoms with Gasteiger partial charge in [-0.15, -0.1) is 0 Å². The second-order valence-corrected chi connectivity index (χ2v) is 12.1. The van der Waals surface area contributed by atoms with Crippen molar-refractivity contribution in [2.45, 2.75) is 0 Å². The van der Waals surface area contributed by atoms with Crippen LogP contribution in [0.1, 0.15) is 6.85 Å². The minimum atomic E-state index is -0.346. The van der Waals surface area contributed by atoms with Crippen molar-refractivity contribution < 1.29 is 11.3 Å². The van der Waals surface area contributed by atoms with Crippen LogP contribution in [-0.2, 0) is 0 Å². The van der Waals surface area contributed by atoms with Crippen molar-refractivity contribution in [2.75, 3.05) is 0 Å². The summed E-state index contributed by atoms with van der Waals surface area (Å²) in [7, 11) is 0. The van der Waals surface area contributed by atoms with Crippen molar-refractivity contribution >= 4 is 83.4 Å². The van der Waals surface area contributed by atoms with Gasteiger partial charge in [-0.2, -0.15) is 0 Å². The molecule has 0 fully saturated rings. The van der Waals surface area contributed by atoms with Crippen molar-refractivity contribution in [1.29, 1.82) is 0 Å². The summed E-state index contributed by atoms with van der Waals surface area (Å²) < 4.78 is 55.3. The van der Waals surface area contributed by atoms with Crippen LogP contribution in [0.5, 0.6) is 0 Å². The van der Waals surface area contributed by atoms with Gasteiger partial charge in [-0.05, 0) is 51.7 Å². The molecule has 0 amide bonds. The van der Waals surface area contributed by atoms with E-state index in [1.54, 1.807) is 0 Å². The Balaban J connectivity index is 1.41. The molecular formula is C42H25BN2O. The first-order valence-electron chi connectivity index (χ1n) is 18.0. The molecule has 11 rings (SSSR count). The first kappa shape index (κ1) is 20.1. The van der Waals surface area contributed by atoms with Gasteiger partial charge in [0.05, 0.1) is 23.4 Å². The Morgan fingerprint density at radius 2 is 1.46 bits per heavy atom. The van der Waals surface area contributed by atoms with E-state index in [9.17, 15) is 1.37 Å². The van der Waals surface area contributed by atoms with E-state index in [0.29, 0.717) is 11.2 Å². The van der Waals surface area contributed by atoms with Gasteiger partial charge in [0.2, 0.25) is 6.71 Å². The highest BCUT2D eigenvalue weighted by Gasteiger charge is 2.36. The van der Waals surface area contributed by atoms with Gasteiger partial charge in [0.25, 0.3) is 0 Å². The van der Waals surface area contributed by atoms with E-state index in [0.717, 1.165) is 76.9 Å². The summed E-state index contributed by atoms with van der Waals surface area (Å²) in [6.07, 6.45) is 0. The van der Waals surface area contributed by atoms with Gasteiger partial charge in [-0.25, -0.2) is 0 Å². The molecule has 4 heterocycles. The number of aromatic nitrogens is 2. The lowest BCUT2D eigenvalue weighted by Crippen LogP contribution is -2.56. The lowest BCUT2D eigenvalue weighted by molar-refractivity contribution is 0.668. The van der Waals surface area contributed by atoms with Crippen LogP contribution in [0.25, 0.3) is 77.1 Å². The molecule has 3 aromatic heterocycles. The predicted octanol–water partition coefficient (Wildman–Crippen LogP) is 8.59. The number of benzene rings is 7. The minimum Gasteiger partial charge on any atom is -0.456 e. The molecule has 3 nitrogen and oxygen atoms in total. The van der Waals surface area contributed by atoms with Gasteiger partial charge in [-0.3, -0.25) is 8.97 Å². The highest BCUT2D eigenvalue weighted by Crippen LogP contribution is 2.38. The predicted molar refractivity (Wildman–Crippen MR) is 193 cm³/mol. The normalized spacial score (nSPS) is 14.3. The molecule has 0 atom stereocenters. The average Bonchev–Trinajstić information content (AvgIpc) is 3.69. The number of hydrogen-bond donors (Lipinski definition) is 0. The molecule has 0 saturated heterocycles. The van der Waals surface area contributed by atoms with E-state index in [-0.39, 0.29) is 42.3 Å². The smallest absolute Gasteiger partial charge is 0.247 e. The van der Waals surface area contributed by atoms with Crippen molar-refractivity contribution in [3.05, 3.63) is 152 Å². The monoisotopic (exact) mass is 589 g/mol. The Morgan fingerprint density at radius 3 is 2.41 bits per heavy atom. The third-order valence-corrected chi connectivity index (χ3v) is 9.79. The van der Waals surface area contributed by atoms with Crippen LogP contribution in [0.15, 0.2) is 156 Å². The first-order chi connectivity index (χ1) is 24.9. The van der Waals surface area contributed by atoms with E-state index >= 15 is 0 Å². The minimum absolute atomic E-state index is 0.0493. The van der Waals surface area contributed by atoms with Crippen LogP contribution in [0.4, 0.5) is 0 Å². The molecule has 0 radical (unpaired) electrons. The molecule has 1 aliphatic heterocycles. The highest BCUT2D eigenvalue weighted by atomic mass is 16.3. The Kier molecular flexibility index (Phi) is 3.85. The fraction of sp³-hybridized carbons (Fsp3) is 0. The molecule has 46 heavy (non-hydrogen) atoms. The first-order valence-corrected chi connectivity index (χ1v) is 15.5. The van der Waals surface area contributed by atoms with Crippen molar-refractivity contribution in [2.24, 2.45) is 0 Å². The lowest BCUT2D eigenvalue weighted by atomic mass is 9.34. The number of para-hydroxylation sites is 2. The molecule has 0 unspecified atom stereocenters. The number of furan rings is 1. The number of hydrogen-bond acceptors (Lipinski definition) is 1. The molecule has 0 aliphatic carbocycles. The topological polar surface area (TPSA) is 22.5 Å². The van der Waals surface area contributed by atoms with Gasteiger partial charge < -0.3 is 4.42 Å². The quantitative estimate of drug-likeness (QED) is 0.185. The maximum Gasteiger partial charge on any atom is 0.247 e. The summed E-state index contributed by atoms with van der Waals surface area (Å²) in [5, 5.41) is 4.18. The van der Waals surface area contributed by atoms with E-state index in [4.69, 9.17) is 9.90 Å². The molecule has 0 saturated carbocycles. The van der Waals surface area contributed by atoms with Crippen molar-refractivity contribution in [3.63, 3.8) is 0 Å². The number of fused-ring (bicyclic) bond motifs is 10. The van der Waals surface area contributed by atoms with Gasteiger partial charge in [0, 0.05) is 33.3 Å². The number of rotatable bonds is 2. The molecule has 7 aromatic carbocycles. The molecule has 0 spiro atoms. The maximum absolute atomic E-state index is 9.68. The Hall–Kier alpha value is -6.00. The second kappa shape index (κ2) is 8.80. The zero-order valence-corrected chi connectivity index (χ0v) is 24.4. The second-order valence-electron chi connectivity index (χ2n) is 12.1. The van der Waals surface area contributed by atoms with Gasteiger partial charge in [0.15, 0.2) is 0 Å². The summed E-state index contributed by atoms with van der Waals surface area (Å²) in [4.78, 5) is 0. The molecular weight excluding hydrogens is 559 g/mol. The Labute approximate surface area is 271 Å². The average molecular weight is 590 g/mol. The summed E-state index contributed by atoms with van der Waals surface area (Å²) >= 11 is 0. The van der Waals surface area contributed by atoms with Gasteiger partial charge in [0.1, 0.15) is 16.8 Å². The standard InChI is InChI=1S/C42H25BN2O/c1-2-11-26(12-3-1)29-15-5-7-17-32(29)43-33-22-21-27-14-10-19-36-41(27)42(33)45(40-23-28-13-4-8-18-35(28)44(36)40)37-25-39-31(24-34(37)43)30-16-6-9-20-38(30)46-39/h1-25H/i4D,8D,13D,18D,23D. The van der Waals surface area contributed by atoms with Crippen LogP contribution < -0.4 is 16.4 Å². The molecule has 0 N–H and O–H groups in total. The maximum atomic E-state index is 9.68. The van der Waals surface area contributed by atoms with E-state index in [1.807, 2.05) is 40.8 Å². The van der Waals surface area contributed by atoms with Gasteiger partial charge in [-0.1, -0.05) is 127 Å². The van der Waals surface area contributed by atoms with Crippen LogP contribution in [0.2, 0.25) is 0 Å². The van der Waals surface area contributed by atoms with Crippen LogP contribution in [0.3, 0.4) is 0 Å². The van der Waals surface area contributed by atoms with Gasteiger partial charge >= 0.3 is 0 Å². The Morgan fingerprint density at radius 1 is 0.609 bits per heavy atom. The summed E-state index contributed by atoms with van der Waals surface area (Å²) in [5.74, 6) is 0. The van der Waals surface area contributed by atoms with E-state index in [2.05, 4.69) is 89.5 Å². The highest BCUT2D eigenvalue weighted by molar-refractivity contribution is 6.98. The zero-order valence-electron chi connectivity index (χ0n) is 29.4. The lowest BCUT2D eigenvalue weighted by Gasteiger charge is -2.31. The number of nitrogens with zero attached hydrogens (tertiary/aromatic N) is 2. The van der Waals surface area contributed by atoms with E-state index < -0.39 is 0 Å². The van der Waals surface area contributed by atoms with Crippen molar-refractivity contribution in [1.82, 2.24) is 8.97 Å². The summed E-state index contributed by atoms with van der Waals surface area (Å²) in [6, 6.07) is 40.8. The fourth-order valence-electron chi connectivity index (χ4n) is 7.92. The Bertz CT molecular complexity index is 3160. The largest absolute Gasteiger partial charge is 0.456 e. The summed E-state index contributed by atoms with van der Waals surface area (Å²) in [6.45, 7) is -0.193. The fourth-order valence-corrected chi connectivity index (χ4v) is 7.92. The molecule has 212 valence electrons. The summed E-state index contributed by atoms with van der Waals surface area (Å²) in [5.41, 5.74) is 10.4. The van der Waals surface area contributed by atoms with Crippen molar-refractivity contribution in [3.8, 4) is 16.8 Å². The SMILES string of the molecule is [2H]c1c([2H])c([2H])c2c(c1[2H])c([2H])c1n3c4c(ccc5cccc(c54)n21)B(c1ccccc1-c1ccccc1)c1cc2c(cc1-3)oc1ccccc12. The van der Waals surface area contributed by atoms with Crippen LogP contribution in [0, 0.1) is 0 Å². The molecule has 1 aliphatic rings. The third-order valence-electron chi connectivity index (χ3n) is 9.79. The van der Waals surface area contributed by atoms with Crippen LogP contribution >= 0.6 is 0 Å². The molecule has 0 bridgehead atoms. The third kappa shape index (κ3) is 3.08.